The van der Waals surface area contributed by atoms with Gasteiger partial charge in [-0.1, -0.05) is 39.0 Å². The first-order valence-corrected chi connectivity index (χ1v) is 12.0. The third kappa shape index (κ3) is 5.93. The number of sulfonamides is 1. The minimum atomic E-state index is -3.61. The van der Waals surface area contributed by atoms with Crippen molar-refractivity contribution in [2.45, 2.75) is 32.6 Å². The Labute approximate surface area is 181 Å². The lowest BCUT2D eigenvalue weighted by molar-refractivity contribution is -0.111. The van der Waals surface area contributed by atoms with Gasteiger partial charge >= 0.3 is 0 Å². The zero-order chi connectivity index (χ0) is 22.1. The number of hydrogen-bond donors (Lipinski definition) is 1. The summed E-state index contributed by atoms with van der Waals surface area (Å²) in [5, 5.41) is 2.88. The van der Waals surface area contributed by atoms with Crippen molar-refractivity contribution in [3.8, 4) is 0 Å². The molecule has 1 aliphatic heterocycles. The van der Waals surface area contributed by atoms with Crippen LogP contribution in [0.5, 0.6) is 0 Å². The minimum absolute atomic E-state index is 0.190. The molecule has 30 heavy (non-hydrogen) atoms. The standard InChI is InChI=1S/C22H34N4O3S/c1-5-9-10-11-22(27)23-20-18-19(30(28,29)26(7-3)8-4)12-13-21(20)25-16-14-24(6-2)15-17-25/h5,9-13,18H,6-8,14-17H2,1-4H3,(H,23,27)/b9-5+,11-10+. The lowest BCUT2D eigenvalue weighted by Crippen LogP contribution is -2.46. The summed E-state index contributed by atoms with van der Waals surface area (Å²) in [6.45, 7) is 13.0. The van der Waals surface area contributed by atoms with Crippen molar-refractivity contribution in [2.75, 3.05) is 56.0 Å². The average molecular weight is 435 g/mol. The van der Waals surface area contributed by atoms with E-state index in [9.17, 15) is 13.2 Å². The van der Waals surface area contributed by atoms with Gasteiger partial charge in [-0.2, -0.15) is 4.31 Å². The van der Waals surface area contributed by atoms with Gasteiger partial charge in [0.25, 0.3) is 0 Å². The molecule has 1 aliphatic rings. The third-order valence-electron chi connectivity index (χ3n) is 5.28. The van der Waals surface area contributed by atoms with Gasteiger partial charge in [-0.15, -0.1) is 0 Å². The summed E-state index contributed by atoms with van der Waals surface area (Å²) in [6, 6.07) is 5.03. The number of hydrogen-bond acceptors (Lipinski definition) is 5. The number of anilines is 2. The van der Waals surface area contributed by atoms with Gasteiger partial charge in [0, 0.05) is 45.3 Å². The van der Waals surface area contributed by atoms with E-state index >= 15 is 0 Å². The molecule has 0 aromatic heterocycles. The molecular weight excluding hydrogens is 400 g/mol. The second kappa shape index (κ2) is 11.3. The maximum absolute atomic E-state index is 13.0. The molecule has 1 saturated heterocycles. The van der Waals surface area contributed by atoms with E-state index in [1.165, 1.54) is 10.4 Å². The van der Waals surface area contributed by atoms with Crippen LogP contribution in [0, 0.1) is 0 Å². The molecule has 0 aliphatic carbocycles. The Kier molecular flexibility index (Phi) is 9.08. The van der Waals surface area contributed by atoms with Crippen LogP contribution in [0.25, 0.3) is 0 Å². The maximum atomic E-state index is 13.0. The van der Waals surface area contributed by atoms with Gasteiger partial charge in [0.1, 0.15) is 0 Å². The molecule has 1 aromatic rings. The molecule has 166 valence electrons. The first kappa shape index (κ1) is 24.1. The molecule has 7 nitrogen and oxygen atoms in total. The molecule has 1 N–H and O–H groups in total. The topological polar surface area (TPSA) is 73.0 Å². The molecule has 1 heterocycles. The van der Waals surface area contributed by atoms with E-state index in [-0.39, 0.29) is 10.8 Å². The normalized spacial score (nSPS) is 16.1. The fourth-order valence-corrected chi connectivity index (χ4v) is 4.98. The van der Waals surface area contributed by atoms with E-state index < -0.39 is 10.0 Å². The van der Waals surface area contributed by atoms with Crippen molar-refractivity contribution in [3.05, 3.63) is 42.5 Å². The lowest BCUT2D eigenvalue weighted by atomic mass is 10.2. The van der Waals surface area contributed by atoms with E-state index in [0.717, 1.165) is 38.4 Å². The molecule has 1 amide bonds. The fraction of sp³-hybridized carbons (Fsp3) is 0.500. The van der Waals surface area contributed by atoms with E-state index in [0.29, 0.717) is 18.8 Å². The Balaban J connectivity index is 2.40. The third-order valence-corrected chi connectivity index (χ3v) is 7.33. The van der Waals surface area contributed by atoms with E-state index in [1.807, 2.05) is 32.9 Å². The van der Waals surface area contributed by atoms with E-state index in [1.54, 1.807) is 24.3 Å². The van der Waals surface area contributed by atoms with Crippen LogP contribution >= 0.6 is 0 Å². The highest BCUT2D eigenvalue weighted by Crippen LogP contribution is 2.31. The number of likely N-dealkylation sites (N-methyl/N-ethyl adjacent to an activating group) is 1. The van der Waals surface area contributed by atoms with Crippen LogP contribution < -0.4 is 10.2 Å². The molecule has 0 bridgehead atoms. The Morgan fingerprint density at radius 3 is 2.33 bits per heavy atom. The molecular formula is C22H34N4O3S. The Morgan fingerprint density at radius 1 is 1.10 bits per heavy atom. The van der Waals surface area contributed by atoms with E-state index in [4.69, 9.17) is 0 Å². The predicted octanol–water partition coefficient (Wildman–Crippen LogP) is 2.93. The van der Waals surface area contributed by atoms with Crippen molar-refractivity contribution in [1.29, 1.82) is 0 Å². The highest BCUT2D eigenvalue weighted by atomic mass is 32.2. The molecule has 8 heteroatoms. The number of benzene rings is 1. The monoisotopic (exact) mass is 434 g/mol. The van der Waals surface area contributed by atoms with Crippen LogP contribution in [0.3, 0.4) is 0 Å². The zero-order valence-corrected chi connectivity index (χ0v) is 19.3. The first-order chi connectivity index (χ1) is 14.4. The summed E-state index contributed by atoms with van der Waals surface area (Å²) in [5.74, 6) is -0.293. The van der Waals surface area contributed by atoms with Gasteiger partial charge in [-0.3, -0.25) is 4.79 Å². The van der Waals surface area contributed by atoms with E-state index in [2.05, 4.69) is 22.0 Å². The van der Waals surface area contributed by atoms with Gasteiger partial charge in [0.05, 0.1) is 16.3 Å². The van der Waals surface area contributed by atoms with Crippen LogP contribution in [0.4, 0.5) is 11.4 Å². The number of allylic oxidation sites excluding steroid dienone is 3. The molecule has 1 aromatic carbocycles. The summed E-state index contributed by atoms with van der Waals surface area (Å²) in [4.78, 5) is 17.2. The van der Waals surface area contributed by atoms with Crippen molar-refractivity contribution in [3.63, 3.8) is 0 Å². The Morgan fingerprint density at radius 2 is 1.77 bits per heavy atom. The van der Waals surface area contributed by atoms with Gasteiger partial charge in [-0.25, -0.2) is 8.42 Å². The number of amides is 1. The lowest BCUT2D eigenvalue weighted by Gasteiger charge is -2.36. The average Bonchev–Trinajstić information content (AvgIpc) is 2.74. The number of carbonyl (C=O) groups excluding carboxylic acids is 1. The highest BCUT2D eigenvalue weighted by Gasteiger charge is 2.25. The van der Waals surface area contributed by atoms with Crippen LogP contribution in [0.1, 0.15) is 27.7 Å². The number of piperazine rings is 1. The number of nitrogens with one attached hydrogen (secondary N) is 1. The summed E-state index contributed by atoms with van der Waals surface area (Å²) in [5.41, 5.74) is 1.36. The molecule has 0 saturated carbocycles. The zero-order valence-electron chi connectivity index (χ0n) is 18.5. The fourth-order valence-electron chi connectivity index (χ4n) is 3.50. The van der Waals surface area contributed by atoms with Crippen LogP contribution in [0.15, 0.2) is 47.4 Å². The first-order valence-electron chi connectivity index (χ1n) is 10.6. The molecule has 1 fully saturated rings. The van der Waals surface area contributed by atoms with Crippen molar-refractivity contribution in [2.24, 2.45) is 0 Å². The smallest absolute Gasteiger partial charge is 0.248 e. The molecule has 0 radical (unpaired) electrons. The SMILES string of the molecule is C/C=C/C=C/C(=O)Nc1cc(S(=O)(=O)N(CC)CC)ccc1N1CCN(CC)CC1. The summed E-state index contributed by atoms with van der Waals surface area (Å²) in [6.07, 6.45) is 6.70. The largest absolute Gasteiger partial charge is 0.367 e. The maximum Gasteiger partial charge on any atom is 0.248 e. The number of carbonyl (C=O) groups is 1. The van der Waals surface area contributed by atoms with Gasteiger partial charge in [0.15, 0.2) is 0 Å². The van der Waals surface area contributed by atoms with Gasteiger partial charge in [-0.05, 0) is 31.7 Å². The van der Waals surface area contributed by atoms with Gasteiger partial charge < -0.3 is 15.1 Å². The second-order valence-corrected chi connectivity index (χ2v) is 9.00. The molecule has 0 spiro atoms. The van der Waals surface area contributed by atoms with Crippen molar-refractivity contribution < 1.29 is 13.2 Å². The molecule has 2 rings (SSSR count). The van der Waals surface area contributed by atoms with Crippen molar-refractivity contribution >= 4 is 27.3 Å². The molecule has 0 atom stereocenters. The quantitative estimate of drug-likeness (QED) is 0.478. The summed E-state index contributed by atoms with van der Waals surface area (Å²) in [7, 11) is -3.61. The summed E-state index contributed by atoms with van der Waals surface area (Å²) >= 11 is 0. The Hall–Kier alpha value is -2.16. The van der Waals surface area contributed by atoms with Crippen LogP contribution in [0.2, 0.25) is 0 Å². The minimum Gasteiger partial charge on any atom is -0.367 e. The van der Waals surface area contributed by atoms with Gasteiger partial charge in [0.2, 0.25) is 15.9 Å². The number of nitrogens with zero attached hydrogens (tertiary/aromatic N) is 3. The Bertz CT molecular complexity index is 868. The van der Waals surface area contributed by atoms with Crippen LogP contribution in [-0.4, -0.2) is 69.3 Å². The van der Waals surface area contributed by atoms with Crippen molar-refractivity contribution in [1.82, 2.24) is 9.21 Å². The number of rotatable bonds is 9. The van der Waals surface area contributed by atoms with Crippen LogP contribution in [-0.2, 0) is 14.8 Å². The summed E-state index contributed by atoms with van der Waals surface area (Å²) < 4.78 is 27.4. The highest BCUT2D eigenvalue weighted by molar-refractivity contribution is 7.89. The predicted molar refractivity (Wildman–Crippen MR) is 123 cm³/mol. The molecule has 0 unspecified atom stereocenters. The second-order valence-electron chi connectivity index (χ2n) is 7.06.